The molecule has 0 saturated heterocycles. The third-order valence-electron chi connectivity index (χ3n) is 2.96. The first kappa shape index (κ1) is 15.1. The SMILES string of the molecule is Cc1ccc(-c2nc(C)cc(CNC(C)C)n2)c(Br)c1. The first-order chi connectivity index (χ1) is 9.45. The van der Waals surface area contributed by atoms with Crippen molar-refractivity contribution >= 4 is 15.9 Å². The molecule has 4 heteroatoms. The molecule has 0 bridgehead atoms. The fourth-order valence-electron chi connectivity index (χ4n) is 1.95. The van der Waals surface area contributed by atoms with E-state index in [1.807, 2.05) is 13.0 Å². The normalized spacial score (nSPS) is 11.1. The topological polar surface area (TPSA) is 37.8 Å². The summed E-state index contributed by atoms with van der Waals surface area (Å²) in [6.07, 6.45) is 0. The van der Waals surface area contributed by atoms with Gasteiger partial charge in [0.1, 0.15) is 0 Å². The minimum absolute atomic E-state index is 0.444. The van der Waals surface area contributed by atoms with E-state index in [1.165, 1.54) is 5.56 Å². The van der Waals surface area contributed by atoms with Gasteiger partial charge >= 0.3 is 0 Å². The van der Waals surface area contributed by atoms with Crippen LogP contribution in [0.3, 0.4) is 0 Å². The van der Waals surface area contributed by atoms with Crippen molar-refractivity contribution in [2.24, 2.45) is 0 Å². The summed E-state index contributed by atoms with van der Waals surface area (Å²) in [5.74, 6) is 0.775. The molecule has 0 amide bonds. The summed E-state index contributed by atoms with van der Waals surface area (Å²) in [5.41, 5.74) is 4.26. The molecule has 0 aliphatic heterocycles. The largest absolute Gasteiger partial charge is 0.309 e. The molecule has 0 spiro atoms. The van der Waals surface area contributed by atoms with Crippen molar-refractivity contribution < 1.29 is 0 Å². The van der Waals surface area contributed by atoms with E-state index in [9.17, 15) is 0 Å². The Labute approximate surface area is 129 Å². The van der Waals surface area contributed by atoms with Gasteiger partial charge < -0.3 is 5.32 Å². The van der Waals surface area contributed by atoms with Gasteiger partial charge in [0, 0.05) is 28.3 Å². The number of benzene rings is 1. The highest BCUT2D eigenvalue weighted by Crippen LogP contribution is 2.26. The molecule has 2 aromatic rings. The van der Waals surface area contributed by atoms with Crippen molar-refractivity contribution in [3.63, 3.8) is 0 Å². The van der Waals surface area contributed by atoms with Crippen LogP contribution in [0.25, 0.3) is 11.4 Å². The molecule has 1 aromatic heterocycles. The highest BCUT2D eigenvalue weighted by Gasteiger charge is 2.09. The van der Waals surface area contributed by atoms with Crippen LogP contribution < -0.4 is 5.32 Å². The average Bonchev–Trinajstić information content (AvgIpc) is 2.35. The van der Waals surface area contributed by atoms with Gasteiger partial charge in [-0.2, -0.15) is 0 Å². The Morgan fingerprint density at radius 3 is 2.55 bits per heavy atom. The summed E-state index contributed by atoms with van der Waals surface area (Å²) < 4.78 is 1.03. The fraction of sp³-hybridized carbons (Fsp3) is 0.375. The molecule has 0 unspecified atom stereocenters. The van der Waals surface area contributed by atoms with Crippen LogP contribution in [0.1, 0.15) is 30.8 Å². The maximum absolute atomic E-state index is 4.66. The number of nitrogens with zero attached hydrogens (tertiary/aromatic N) is 2. The summed E-state index contributed by atoms with van der Waals surface area (Å²) in [4.78, 5) is 9.22. The van der Waals surface area contributed by atoms with Gasteiger partial charge in [-0.25, -0.2) is 9.97 Å². The quantitative estimate of drug-likeness (QED) is 0.918. The maximum Gasteiger partial charge on any atom is 0.160 e. The van der Waals surface area contributed by atoms with Gasteiger partial charge in [-0.1, -0.05) is 35.8 Å². The number of rotatable bonds is 4. The molecule has 0 aliphatic carbocycles. The molecule has 2 rings (SSSR count). The lowest BCUT2D eigenvalue weighted by molar-refractivity contribution is 0.580. The second-order valence-corrected chi connectivity index (χ2v) is 6.20. The van der Waals surface area contributed by atoms with Gasteiger partial charge in [0.05, 0.1) is 5.69 Å². The molecule has 0 saturated carbocycles. The zero-order valence-corrected chi connectivity index (χ0v) is 14.0. The Bertz CT molecular complexity index is 609. The Kier molecular flexibility index (Phi) is 4.89. The van der Waals surface area contributed by atoms with E-state index in [-0.39, 0.29) is 0 Å². The van der Waals surface area contributed by atoms with E-state index >= 15 is 0 Å². The molecule has 0 radical (unpaired) electrons. The lowest BCUT2D eigenvalue weighted by Gasteiger charge is -2.10. The van der Waals surface area contributed by atoms with Crippen molar-refractivity contribution in [3.8, 4) is 11.4 Å². The van der Waals surface area contributed by atoms with Gasteiger partial charge in [0.15, 0.2) is 5.82 Å². The molecule has 20 heavy (non-hydrogen) atoms. The van der Waals surface area contributed by atoms with Gasteiger partial charge in [-0.05, 0) is 37.6 Å². The van der Waals surface area contributed by atoms with Crippen molar-refractivity contribution in [2.75, 3.05) is 0 Å². The molecule has 0 aliphatic rings. The number of aryl methyl sites for hydroxylation is 2. The molecule has 1 heterocycles. The second kappa shape index (κ2) is 6.46. The minimum Gasteiger partial charge on any atom is -0.309 e. The predicted octanol–water partition coefficient (Wildman–Crippen LogP) is 4.02. The molecule has 1 N–H and O–H groups in total. The first-order valence-corrected chi connectivity index (χ1v) is 7.59. The molecule has 106 valence electrons. The lowest BCUT2D eigenvalue weighted by Crippen LogP contribution is -2.22. The predicted molar refractivity (Wildman–Crippen MR) is 86.6 cm³/mol. The fourth-order valence-corrected chi connectivity index (χ4v) is 2.63. The monoisotopic (exact) mass is 333 g/mol. The van der Waals surface area contributed by atoms with Gasteiger partial charge in [0.25, 0.3) is 0 Å². The van der Waals surface area contributed by atoms with Crippen molar-refractivity contribution in [1.82, 2.24) is 15.3 Å². The van der Waals surface area contributed by atoms with E-state index in [4.69, 9.17) is 0 Å². The number of hydrogen-bond acceptors (Lipinski definition) is 3. The molecule has 3 nitrogen and oxygen atoms in total. The second-order valence-electron chi connectivity index (χ2n) is 5.34. The van der Waals surface area contributed by atoms with Crippen molar-refractivity contribution in [3.05, 3.63) is 45.7 Å². The Hall–Kier alpha value is -1.26. The van der Waals surface area contributed by atoms with Crippen molar-refractivity contribution in [1.29, 1.82) is 0 Å². The summed E-state index contributed by atoms with van der Waals surface area (Å²) in [5, 5.41) is 3.39. The number of nitrogens with one attached hydrogen (secondary N) is 1. The Morgan fingerprint density at radius 2 is 1.90 bits per heavy atom. The zero-order valence-electron chi connectivity index (χ0n) is 12.4. The Balaban J connectivity index is 2.36. The van der Waals surface area contributed by atoms with E-state index in [0.717, 1.165) is 33.8 Å². The smallest absolute Gasteiger partial charge is 0.160 e. The van der Waals surface area contributed by atoms with Crippen LogP contribution in [-0.4, -0.2) is 16.0 Å². The highest BCUT2D eigenvalue weighted by atomic mass is 79.9. The number of halogens is 1. The highest BCUT2D eigenvalue weighted by molar-refractivity contribution is 9.10. The molecule has 1 aromatic carbocycles. The number of hydrogen-bond donors (Lipinski definition) is 1. The molecule has 0 fully saturated rings. The summed E-state index contributed by atoms with van der Waals surface area (Å²) in [6.45, 7) is 9.10. The van der Waals surface area contributed by atoms with Crippen LogP contribution in [0.15, 0.2) is 28.7 Å². The summed E-state index contributed by atoms with van der Waals surface area (Å²) >= 11 is 3.60. The summed E-state index contributed by atoms with van der Waals surface area (Å²) in [7, 11) is 0. The summed E-state index contributed by atoms with van der Waals surface area (Å²) in [6, 6.07) is 8.71. The van der Waals surface area contributed by atoms with Gasteiger partial charge in [-0.3, -0.25) is 0 Å². The van der Waals surface area contributed by atoms with E-state index < -0.39 is 0 Å². The van der Waals surface area contributed by atoms with Gasteiger partial charge in [0.2, 0.25) is 0 Å². The third-order valence-corrected chi connectivity index (χ3v) is 3.62. The maximum atomic E-state index is 4.66. The van der Waals surface area contributed by atoms with E-state index in [0.29, 0.717) is 6.04 Å². The van der Waals surface area contributed by atoms with Crippen LogP contribution in [0.5, 0.6) is 0 Å². The zero-order chi connectivity index (χ0) is 14.7. The van der Waals surface area contributed by atoms with Crippen LogP contribution in [-0.2, 0) is 6.54 Å². The van der Waals surface area contributed by atoms with Crippen LogP contribution in [0.2, 0.25) is 0 Å². The Morgan fingerprint density at radius 1 is 1.15 bits per heavy atom. The van der Waals surface area contributed by atoms with Crippen LogP contribution in [0.4, 0.5) is 0 Å². The molecular formula is C16H20BrN3. The molecular weight excluding hydrogens is 314 g/mol. The third kappa shape index (κ3) is 3.87. The average molecular weight is 334 g/mol. The lowest BCUT2D eigenvalue weighted by atomic mass is 10.1. The molecule has 0 atom stereocenters. The minimum atomic E-state index is 0.444. The van der Waals surface area contributed by atoms with E-state index in [1.54, 1.807) is 0 Å². The van der Waals surface area contributed by atoms with Crippen LogP contribution in [0, 0.1) is 13.8 Å². The van der Waals surface area contributed by atoms with Gasteiger partial charge in [-0.15, -0.1) is 0 Å². The first-order valence-electron chi connectivity index (χ1n) is 6.80. The van der Waals surface area contributed by atoms with E-state index in [2.05, 4.69) is 70.2 Å². The van der Waals surface area contributed by atoms with Crippen molar-refractivity contribution in [2.45, 2.75) is 40.3 Å². The standard InChI is InChI=1S/C16H20BrN3/c1-10(2)18-9-13-8-12(4)19-16(20-13)14-6-5-11(3)7-15(14)17/h5-8,10,18H,9H2,1-4H3. The van der Waals surface area contributed by atoms with Crippen LogP contribution >= 0.6 is 15.9 Å². The number of aromatic nitrogens is 2.